The van der Waals surface area contributed by atoms with E-state index < -0.39 is 6.10 Å². The average molecular weight is 333 g/mol. The first-order valence-corrected chi connectivity index (χ1v) is 7.08. The lowest BCUT2D eigenvalue weighted by Crippen LogP contribution is -2.45. The number of rotatable bonds is 1. The average Bonchev–Trinajstić information content (AvgIpc) is 2.30. The fraction of sp³-hybridized carbons (Fsp3) is 0.462. The third-order valence-corrected chi connectivity index (χ3v) is 3.99. The molecule has 1 fully saturated rings. The molecule has 18 heavy (non-hydrogen) atoms. The topological polar surface area (TPSA) is 40.5 Å². The Balaban J connectivity index is 2.16. The number of halogens is 2. The van der Waals surface area contributed by atoms with Gasteiger partial charge in [0.2, 0.25) is 0 Å². The Morgan fingerprint density at radius 2 is 2.22 bits per heavy atom. The molecule has 1 amide bonds. The molecule has 0 radical (unpaired) electrons. The smallest absolute Gasteiger partial charge is 0.254 e. The minimum atomic E-state index is -0.440. The summed E-state index contributed by atoms with van der Waals surface area (Å²) in [5.74, 6) is 0.171. The lowest BCUT2D eigenvalue weighted by Gasteiger charge is -2.34. The molecule has 1 aliphatic heterocycles. The monoisotopic (exact) mass is 331 g/mol. The second kappa shape index (κ2) is 5.59. The van der Waals surface area contributed by atoms with Gasteiger partial charge in [-0.05, 0) is 30.5 Å². The number of carbonyl (C=O) groups excluding carboxylic acids is 1. The highest BCUT2D eigenvalue weighted by molar-refractivity contribution is 9.10. The molecule has 0 aliphatic carbocycles. The molecule has 5 heteroatoms. The summed E-state index contributed by atoms with van der Waals surface area (Å²) < 4.78 is 0.782. The van der Waals surface area contributed by atoms with Gasteiger partial charge in [-0.2, -0.15) is 0 Å². The van der Waals surface area contributed by atoms with Crippen molar-refractivity contribution in [3.05, 3.63) is 33.3 Å². The molecule has 0 spiro atoms. The van der Waals surface area contributed by atoms with Crippen molar-refractivity contribution in [2.75, 3.05) is 13.1 Å². The summed E-state index contributed by atoms with van der Waals surface area (Å²) in [6.45, 7) is 3.08. The zero-order valence-electron chi connectivity index (χ0n) is 10.1. The summed E-state index contributed by atoms with van der Waals surface area (Å²) in [7, 11) is 0. The maximum Gasteiger partial charge on any atom is 0.254 e. The number of aliphatic hydroxyl groups excluding tert-OH is 1. The largest absolute Gasteiger partial charge is 0.391 e. The number of aliphatic hydroxyl groups is 1. The first kappa shape index (κ1) is 13.8. The maximum atomic E-state index is 12.3. The van der Waals surface area contributed by atoms with Crippen molar-refractivity contribution < 1.29 is 9.90 Å². The minimum Gasteiger partial charge on any atom is -0.391 e. The Morgan fingerprint density at radius 1 is 1.50 bits per heavy atom. The van der Waals surface area contributed by atoms with E-state index >= 15 is 0 Å². The molecule has 0 saturated carbocycles. The number of benzene rings is 1. The van der Waals surface area contributed by atoms with E-state index in [9.17, 15) is 9.90 Å². The Labute approximate surface area is 120 Å². The Hall–Kier alpha value is -0.580. The standard InChI is InChI=1S/C13H15BrClNO2/c1-8-2-3-16(7-12(8)17)13(18)9-4-10(14)6-11(15)5-9/h4-6,8,12,17H,2-3,7H2,1H3. The molecule has 98 valence electrons. The first-order chi connectivity index (χ1) is 8.47. The SMILES string of the molecule is CC1CCN(C(=O)c2cc(Cl)cc(Br)c2)CC1O. The lowest BCUT2D eigenvalue weighted by atomic mass is 9.95. The summed E-state index contributed by atoms with van der Waals surface area (Å²) in [6.07, 6.45) is 0.389. The predicted octanol–water partition coefficient (Wildman–Crippen LogP) is 2.95. The van der Waals surface area contributed by atoms with Gasteiger partial charge in [0, 0.05) is 28.1 Å². The Kier molecular flexibility index (Phi) is 4.30. The molecule has 2 atom stereocenters. The van der Waals surface area contributed by atoms with E-state index in [0.717, 1.165) is 10.9 Å². The van der Waals surface area contributed by atoms with Crippen LogP contribution in [0.3, 0.4) is 0 Å². The maximum absolute atomic E-state index is 12.3. The first-order valence-electron chi connectivity index (χ1n) is 5.91. The van der Waals surface area contributed by atoms with Gasteiger partial charge in [-0.15, -0.1) is 0 Å². The van der Waals surface area contributed by atoms with Crippen LogP contribution in [0.4, 0.5) is 0 Å². The van der Waals surface area contributed by atoms with Crippen LogP contribution in [0.15, 0.2) is 22.7 Å². The minimum absolute atomic E-state index is 0.0795. The molecule has 1 heterocycles. The molecule has 1 saturated heterocycles. The van der Waals surface area contributed by atoms with Crippen LogP contribution >= 0.6 is 27.5 Å². The van der Waals surface area contributed by atoms with Crippen molar-refractivity contribution >= 4 is 33.4 Å². The lowest BCUT2D eigenvalue weighted by molar-refractivity contribution is 0.0248. The molecule has 1 aromatic carbocycles. The van der Waals surface area contributed by atoms with Crippen LogP contribution in [0.2, 0.25) is 5.02 Å². The van der Waals surface area contributed by atoms with Crippen molar-refractivity contribution in [1.29, 1.82) is 0 Å². The van der Waals surface area contributed by atoms with Crippen molar-refractivity contribution in [1.82, 2.24) is 4.90 Å². The van der Waals surface area contributed by atoms with Crippen LogP contribution in [0.1, 0.15) is 23.7 Å². The number of piperidine rings is 1. The van der Waals surface area contributed by atoms with Crippen molar-refractivity contribution in [3.8, 4) is 0 Å². The fourth-order valence-electron chi connectivity index (χ4n) is 2.09. The van der Waals surface area contributed by atoms with Crippen molar-refractivity contribution in [3.63, 3.8) is 0 Å². The van der Waals surface area contributed by atoms with Gasteiger partial charge >= 0.3 is 0 Å². The van der Waals surface area contributed by atoms with Crippen LogP contribution in [-0.2, 0) is 0 Å². The summed E-state index contributed by atoms with van der Waals surface area (Å²) >= 11 is 9.26. The van der Waals surface area contributed by atoms with Gasteiger partial charge in [0.05, 0.1) is 6.10 Å². The van der Waals surface area contributed by atoms with Crippen LogP contribution in [0, 0.1) is 5.92 Å². The Morgan fingerprint density at radius 3 is 2.83 bits per heavy atom. The van der Waals surface area contributed by atoms with Gasteiger partial charge in [0.1, 0.15) is 0 Å². The second-order valence-corrected chi connectivity index (χ2v) is 6.09. The molecule has 1 N–H and O–H groups in total. The van der Waals surface area contributed by atoms with E-state index in [1.54, 1.807) is 23.1 Å². The number of carbonyl (C=O) groups is 1. The molecule has 2 rings (SSSR count). The third-order valence-electron chi connectivity index (χ3n) is 3.32. The van der Waals surface area contributed by atoms with Crippen LogP contribution in [0.5, 0.6) is 0 Å². The summed E-state index contributed by atoms with van der Waals surface area (Å²) in [5.41, 5.74) is 0.552. The highest BCUT2D eigenvalue weighted by Gasteiger charge is 2.27. The number of hydrogen-bond donors (Lipinski definition) is 1. The van der Waals surface area contributed by atoms with Crippen molar-refractivity contribution in [2.24, 2.45) is 5.92 Å². The fourth-order valence-corrected chi connectivity index (χ4v) is 2.95. The van der Waals surface area contributed by atoms with E-state index in [2.05, 4.69) is 15.9 Å². The zero-order valence-corrected chi connectivity index (χ0v) is 12.4. The van der Waals surface area contributed by atoms with Gasteiger partial charge in [0.15, 0.2) is 0 Å². The molecular weight excluding hydrogens is 318 g/mol. The van der Waals surface area contributed by atoms with E-state index in [1.165, 1.54) is 0 Å². The van der Waals surface area contributed by atoms with E-state index in [1.807, 2.05) is 6.92 Å². The summed E-state index contributed by atoms with van der Waals surface area (Å²) in [6, 6.07) is 5.14. The van der Waals surface area contributed by atoms with Crippen LogP contribution < -0.4 is 0 Å². The summed E-state index contributed by atoms with van der Waals surface area (Å²) in [4.78, 5) is 14.0. The number of amides is 1. The molecular formula is C13H15BrClNO2. The predicted molar refractivity (Wildman–Crippen MR) is 74.8 cm³/mol. The van der Waals surface area contributed by atoms with Gasteiger partial charge in [0.25, 0.3) is 5.91 Å². The highest BCUT2D eigenvalue weighted by Crippen LogP contribution is 2.23. The zero-order chi connectivity index (χ0) is 13.3. The number of β-amino-alcohol motifs (C(OH)–C–C–N with tert-alkyl or cyclic N) is 1. The summed E-state index contributed by atoms with van der Waals surface area (Å²) in [5, 5.41) is 10.4. The Bertz CT molecular complexity index is 446. The molecule has 1 aromatic rings. The van der Waals surface area contributed by atoms with Gasteiger partial charge < -0.3 is 10.0 Å². The van der Waals surface area contributed by atoms with E-state index in [-0.39, 0.29) is 11.8 Å². The molecule has 3 nitrogen and oxygen atoms in total. The number of hydrogen-bond acceptors (Lipinski definition) is 2. The molecule has 0 bridgehead atoms. The molecule has 2 unspecified atom stereocenters. The molecule has 1 aliphatic rings. The quantitative estimate of drug-likeness (QED) is 0.859. The van der Waals surface area contributed by atoms with E-state index in [4.69, 9.17) is 11.6 Å². The second-order valence-electron chi connectivity index (χ2n) is 4.74. The van der Waals surface area contributed by atoms with Gasteiger partial charge in [-0.3, -0.25) is 4.79 Å². The van der Waals surface area contributed by atoms with Crippen LogP contribution in [0.25, 0.3) is 0 Å². The van der Waals surface area contributed by atoms with Crippen LogP contribution in [-0.4, -0.2) is 35.1 Å². The normalized spacial score (nSPS) is 24.1. The number of nitrogens with zero attached hydrogens (tertiary/aromatic N) is 1. The van der Waals surface area contributed by atoms with Crippen molar-refractivity contribution in [2.45, 2.75) is 19.4 Å². The third kappa shape index (κ3) is 3.05. The van der Waals surface area contributed by atoms with Gasteiger partial charge in [-0.25, -0.2) is 0 Å². The highest BCUT2D eigenvalue weighted by atomic mass is 79.9. The molecule has 0 aromatic heterocycles. The van der Waals surface area contributed by atoms with Gasteiger partial charge in [-0.1, -0.05) is 34.5 Å². The van der Waals surface area contributed by atoms with E-state index in [0.29, 0.717) is 23.7 Å². The number of likely N-dealkylation sites (tertiary alicyclic amines) is 1.